The van der Waals surface area contributed by atoms with Gasteiger partial charge in [-0.2, -0.15) is 0 Å². The maximum Gasteiger partial charge on any atom is 0.313 e. The molecule has 2 saturated heterocycles. The SMILES string of the molecule is O=C(Nc1ccc(N2CCCCC2)cc1)C(=O)N1CCN(c2ccccc2)CC1. The lowest BCUT2D eigenvalue weighted by atomic mass is 10.1. The summed E-state index contributed by atoms with van der Waals surface area (Å²) in [7, 11) is 0. The van der Waals surface area contributed by atoms with Crippen LogP contribution in [0.25, 0.3) is 0 Å². The van der Waals surface area contributed by atoms with Crippen LogP contribution >= 0.6 is 0 Å². The Labute approximate surface area is 172 Å². The van der Waals surface area contributed by atoms with Gasteiger partial charge in [-0.15, -0.1) is 0 Å². The van der Waals surface area contributed by atoms with Crippen LogP contribution in [-0.2, 0) is 9.59 Å². The predicted octanol–water partition coefficient (Wildman–Crippen LogP) is 2.96. The second-order valence-electron chi connectivity index (χ2n) is 7.66. The van der Waals surface area contributed by atoms with Gasteiger partial charge < -0.3 is 20.0 Å². The maximum atomic E-state index is 12.5. The van der Waals surface area contributed by atoms with E-state index in [9.17, 15) is 9.59 Å². The minimum Gasteiger partial charge on any atom is -0.372 e. The molecule has 2 aliphatic heterocycles. The normalized spacial score (nSPS) is 17.2. The topological polar surface area (TPSA) is 55.9 Å². The smallest absolute Gasteiger partial charge is 0.313 e. The summed E-state index contributed by atoms with van der Waals surface area (Å²) < 4.78 is 0. The Hall–Kier alpha value is -3.02. The van der Waals surface area contributed by atoms with E-state index in [-0.39, 0.29) is 0 Å². The number of nitrogens with zero attached hydrogens (tertiary/aromatic N) is 3. The molecule has 0 spiro atoms. The van der Waals surface area contributed by atoms with Crippen molar-refractivity contribution in [1.82, 2.24) is 4.90 Å². The van der Waals surface area contributed by atoms with Crippen molar-refractivity contribution < 1.29 is 9.59 Å². The largest absolute Gasteiger partial charge is 0.372 e. The lowest BCUT2D eigenvalue weighted by Crippen LogP contribution is -2.51. The van der Waals surface area contributed by atoms with Crippen LogP contribution in [0.15, 0.2) is 54.6 Å². The highest BCUT2D eigenvalue weighted by Gasteiger charge is 2.26. The number of carbonyl (C=O) groups excluding carboxylic acids is 2. The number of anilines is 3. The Kier molecular flexibility index (Phi) is 5.98. The first-order valence-corrected chi connectivity index (χ1v) is 10.5. The first kappa shape index (κ1) is 19.3. The van der Waals surface area contributed by atoms with Gasteiger partial charge in [-0.25, -0.2) is 0 Å². The zero-order valence-corrected chi connectivity index (χ0v) is 16.7. The van der Waals surface area contributed by atoms with E-state index >= 15 is 0 Å². The van der Waals surface area contributed by atoms with Crippen LogP contribution < -0.4 is 15.1 Å². The van der Waals surface area contributed by atoms with Crippen molar-refractivity contribution in [3.8, 4) is 0 Å². The summed E-state index contributed by atoms with van der Waals surface area (Å²) in [5.74, 6) is -1.03. The molecule has 4 rings (SSSR count). The van der Waals surface area contributed by atoms with Gasteiger partial charge in [0.1, 0.15) is 0 Å². The molecule has 2 aromatic rings. The highest BCUT2D eigenvalue weighted by Crippen LogP contribution is 2.22. The Morgan fingerprint density at radius 1 is 0.655 bits per heavy atom. The van der Waals surface area contributed by atoms with Gasteiger partial charge in [0, 0.05) is 56.3 Å². The molecule has 2 heterocycles. The average Bonchev–Trinajstić information content (AvgIpc) is 2.80. The van der Waals surface area contributed by atoms with Crippen LogP contribution in [0, 0.1) is 0 Å². The summed E-state index contributed by atoms with van der Waals surface area (Å²) in [4.78, 5) is 31.2. The van der Waals surface area contributed by atoms with Crippen LogP contribution in [-0.4, -0.2) is 56.0 Å². The third-order valence-electron chi connectivity index (χ3n) is 5.73. The second kappa shape index (κ2) is 8.99. The minimum absolute atomic E-state index is 0.460. The summed E-state index contributed by atoms with van der Waals surface area (Å²) in [5, 5.41) is 2.75. The molecule has 2 fully saturated rings. The summed E-state index contributed by atoms with van der Waals surface area (Å²) in [6, 6.07) is 17.9. The predicted molar refractivity (Wildman–Crippen MR) is 116 cm³/mol. The van der Waals surface area contributed by atoms with Gasteiger partial charge in [0.25, 0.3) is 0 Å². The van der Waals surface area contributed by atoms with Crippen molar-refractivity contribution in [1.29, 1.82) is 0 Å². The number of piperazine rings is 1. The number of piperidine rings is 1. The van der Waals surface area contributed by atoms with Gasteiger partial charge in [-0.1, -0.05) is 18.2 Å². The molecular formula is C23H28N4O2. The van der Waals surface area contributed by atoms with E-state index in [1.807, 2.05) is 42.5 Å². The number of carbonyl (C=O) groups is 2. The Morgan fingerprint density at radius 3 is 1.90 bits per heavy atom. The molecule has 2 amide bonds. The lowest BCUT2D eigenvalue weighted by Gasteiger charge is -2.35. The fourth-order valence-electron chi connectivity index (χ4n) is 4.04. The van der Waals surface area contributed by atoms with Crippen molar-refractivity contribution in [3.63, 3.8) is 0 Å². The molecule has 0 radical (unpaired) electrons. The first-order chi connectivity index (χ1) is 14.2. The fraction of sp³-hybridized carbons (Fsp3) is 0.391. The molecule has 0 saturated carbocycles. The highest BCUT2D eigenvalue weighted by atomic mass is 16.2. The van der Waals surface area contributed by atoms with Crippen LogP contribution in [0.3, 0.4) is 0 Å². The molecule has 0 bridgehead atoms. The number of rotatable bonds is 3. The number of nitrogens with one attached hydrogen (secondary N) is 1. The van der Waals surface area contributed by atoms with E-state index in [1.54, 1.807) is 4.90 Å². The fourth-order valence-corrected chi connectivity index (χ4v) is 4.04. The van der Waals surface area contributed by atoms with Crippen molar-refractivity contribution in [2.75, 3.05) is 54.4 Å². The lowest BCUT2D eigenvalue weighted by molar-refractivity contribution is -0.143. The number of hydrogen-bond acceptors (Lipinski definition) is 4. The first-order valence-electron chi connectivity index (χ1n) is 10.5. The van der Waals surface area contributed by atoms with Gasteiger partial charge in [0.05, 0.1) is 0 Å². The molecular weight excluding hydrogens is 364 g/mol. The Morgan fingerprint density at radius 2 is 1.24 bits per heavy atom. The summed E-state index contributed by atoms with van der Waals surface area (Å²) in [6.07, 6.45) is 3.75. The molecule has 6 heteroatoms. The standard InChI is InChI=1S/C23H28N4O2/c28-22(24-19-9-11-21(12-10-19)25-13-5-2-6-14-25)23(29)27-17-15-26(16-18-27)20-7-3-1-4-8-20/h1,3-4,7-12H,2,5-6,13-18H2,(H,24,28). The van der Waals surface area contributed by atoms with E-state index in [2.05, 4.69) is 27.2 Å². The van der Waals surface area contributed by atoms with E-state index in [4.69, 9.17) is 0 Å². The number of amides is 2. The monoisotopic (exact) mass is 392 g/mol. The van der Waals surface area contributed by atoms with Gasteiger partial charge >= 0.3 is 11.8 Å². The average molecular weight is 393 g/mol. The van der Waals surface area contributed by atoms with Crippen LogP contribution in [0.2, 0.25) is 0 Å². The summed E-state index contributed by atoms with van der Waals surface area (Å²) in [5.41, 5.74) is 2.98. The molecule has 29 heavy (non-hydrogen) atoms. The third kappa shape index (κ3) is 4.70. The van der Waals surface area contributed by atoms with Gasteiger partial charge in [-0.05, 0) is 55.7 Å². The molecule has 0 unspecified atom stereocenters. The molecule has 0 aliphatic carbocycles. The summed E-state index contributed by atoms with van der Waals surface area (Å²) >= 11 is 0. The minimum atomic E-state index is -0.566. The molecule has 2 aliphatic rings. The van der Waals surface area contributed by atoms with E-state index in [0.29, 0.717) is 18.8 Å². The number of para-hydroxylation sites is 1. The zero-order valence-electron chi connectivity index (χ0n) is 16.7. The van der Waals surface area contributed by atoms with Gasteiger partial charge in [-0.3, -0.25) is 9.59 Å². The van der Waals surface area contributed by atoms with Crippen molar-refractivity contribution in [2.45, 2.75) is 19.3 Å². The maximum absolute atomic E-state index is 12.5. The van der Waals surface area contributed by atoms with Crippen molar-refractivity contribution in [3.05, 3.63) is 54.6 Å². The molecule has 1 N–H and O–H groups in total. The van der Waals surface area contributed by atoms with Crippen molar-refractivity contribution >= 4 is 28.9 Å². The Balaban J connectivity index is 1.29. The van der Waals surface area contributed by atoms with Crippen LogP contribution in [0.5, 0.6) is 0 Å². The summed E-state index contributed by atoms with van der Waals surface area (Å²) in [6.45, 7) is 4.73. The Bertz CT molecular complexity index is 824. The van der Waals surface area contributed by atoms with E-state index in [0.717, 1.165) is 31.9 Å². The molecule has 2 aromatic carbocycles. The van der Waals surface area contributed by atoms with Gasteiger partial charge in [0.2, 0.25) is 0 Å². The van der Waals surface area contributed by atoms with E-state index in [1.165, 1.54) is 24.9 Å². The van der Waals surface area contributed by atoms with Crippen LogP contribution in [0.4, 0.5) is 17.1 Å². The number of benzene rings is 2. The molecule has 152 valence electrons. The van der Waals surface area contributed by atoms with Gasteiger partial charge in [0.15, 0.2) is 0 Å². The van der Waals surface area contributed by atoms with Crippen molar-refractivity contribution in [2.24, 2.45) is 0 Å². The third-order valence-corrected chi connectivity index (χ3v) is 5.73. The molecule has 0 aromatic heterocycles. The molecule has 6 nitrogen and oxygen atoms in total. The van der Waals surface area contributed by atoms with E-state index < -0.39 is 11.8 Å². The zero-order chi connectivity index (χ0) is 20.1. The van der Waals surface area contributed by atoms with Crippen LogP contribution in [0.1, 0.15) is 19.3 Å². The number of hydrogen-bond donors (Lipinski definition) is 1. The second-order valence-corrected chi connectivity index (χ2v) is 7.66. The quantitative estimate of drug-likeness (QED) is 0.816. The highest BCUT2D eigenvalue weighted by molar-refractivity contribution is 6.39. The molecule has 0 atom stereocenters.